The zero-order chi connectivity index (χ0) is 41.0. The monoisotopic (exact) mass is 812 g/mol. The van der Waals surface area contributed by atoms with Crippen molar-refractivity contribution < 1.29 is 33.1 Å². The lowest BCUT2D eigenvalue weighted by atomic mass is 9.84. The van der Waals surface area contributed by atoms with Gasteiger partial charge in [0.2, 0.25) is 23.7 Å². The molecule has 15 heteroatoms. The highest BCUT2D eigenvalue weighted by Crippen LogP contribution is 2.34. The Labute approximate surface area is 343 Å². The van der Waals surface area contributed by atoms with Crippen LogP contribution in [0.25, 0.3) is 11.3 Å². The minimum Gasteiger partial charge on any atom is -0.391 e. The van der Waals surface area contributed by atoms with Crippen LogP contribution in [0.15, 0.2) is 48.7 Å². The van der Waals surface area contributed by atoms with Crippen molar-refractivity contribution in [2.45, 2.75) is 94.7 Å². The number of nitrogens with zero attached hydrogens (tertiary/aromatic N) is 5. The number of benzene rings is 2. The molecule has 4 saturated heterocycles. The van der Waals surface area contributed by atoms with E-state index in [1.54, 1.807) is 29.2 Å². The van der Waals surface area contributed by atoms with Crippen LogP contribution in [-0.2, 0) is 14.4 Å². The van der Waals surface area contributed by atoms with E-state index < -0.39 is 18.0 Å². The van der Waals surface area contributed by atoms with E-state index in [2.05, 4.69) is 30.8 Å². The number of anilines is 2. The number of carbonyl (C=O) groups excluding carboxylic acids is 4. The number of nitrogens with one attached hydrogen (secondary N) is 3. The molecule has 0 spiro atoms. The number of carbonyl (C=O) groups is 4. The maximum absolute atomic E-state index is 15.2. The molecule has 3 aromatic rings. The van der Waals surface area contributed by atoms with Crippen LogP contribution in [0.3, 0.4) is 0 Å². The Balaban J connectivity index is 0.754. The Morgan fingerprint density at radius 2 is 1.59 bits per heavy atom. The lowest BCUT2D eigenvalue weighted by molar-refractivity contribution is -0.138. The fraction of sp³-hybridized carbons (Fsp3) is 0.545. The summed E-state index contributed by atoms with van der Waals surface area (Å²) in [6.07, 6.45) is 8.58. The maximum atomic E-state index is 15.2. The van der Waals surface area contributed by atoms with Gasteiger partial charge in [-0.3, -0.25) is 24.5 Å². The normalized spacial score (nSPS) is 24.9. The van der Waals surface area contributed by atoms with Crippen LogP contribution < -0.4 is 16.0 Å². The summed E-state index contributed by atoms with van der Waals surface area (Å²) < 4.78 is 30.2. The molecular formula is C44H54F2N8O5. The molecular weight excluding hydrogens is 759 g/mol. The van der Waals surface area contributed by atoms with Gasteiger partial charge in [0.05, 0.1) is 12.3 Å². The van der Waals surface area contributed by atoms with Gasteiger partial charge in [-0.05, 0) is 119 Å². The van der Waals surface area contributed by atoms with Crippen LogP contribution in [0, 0.1) is 23.5 Å². The molecule has 1 saturated carbocycles. The molecule has 13 nitrogen and oxygen atoms in total. The minimum atomic E-state index is -0.585. The van der Waals surface area contributed by atoms with Crippen molar-refractivity contribution in [3.05, 3.63) is 71.4 Å². The first kappa shape index (κ1) is 40.7. The molecule has 2 aromatic carbocycles. The smallest absolute Gasteiger partial charge is 0.253 e. The number of halogens is 2. The van der Waals surface area contributed by atoms with E-state index >= 15 is 4.39 Å². The van der Waals surface area contributed by atoms with Gasteiger partial charge in [-0.15, -0.1) is 0 Å². The Morgan fingerprint density at radius 1 is 0.831 bits per heavy atom. The summed E-state index contributed by atoms with van der Waals surface area (Å²) in [5.74, 6) is -0.534. The first-order valence-corrected chi connectivity index (χ1v) is 21.3. The Morgan fingerprint density at radius 3 is 2.31 bits per heavy atom. The van der Waals surface area contributed by atoms with E-state index in [4.69, 9.17) is 0 Å². The third-order valence-electron chi connectivity index (χ3n) is 13.0. The molecule has 314 valence electrons. The number of aliphatic hydroxyl groups is 1. The first-order chi connectivity index (χ1) is 28.6. The number of aromatic nitrogens is 2. The van der Waals surface area contributed by atoms with E-state index in [0.29, 0.717) is 53.6 Å². The predicted octanol–water partition coefficient (Wildman–Crippen LogP) is 4.93. The molecule has 1 aromatic heterocycles. The molecule has 1 unspecified atom stereocenters. The van der Waals surface area contributed by atoms with Crippen LogP contribution in [0.5, 0.6) is 0 Å². The zero-order valence-corrected chi connectivity index (χ0v) is 33.4. The maximum Gasteiger partial charge on any atom is 0.253 e. The highest BCUT2D eigenvalue weighted by atomic mass is 19.1. The number of rotatable bonds is 10. The molecule has 4 N–H and O–H groups in total. The van der Waals surface area contributed by atoms with Crippen molar-refractivity contribution in [3.63, 3.8) is 0 Å². The van der Waals surface area contributed by atoms with Crippen molar-refractivity contribution >= 4 is 35.3 Å². The molecule has 8 rings (SSSR count). The van der Waals surface area contributed by atoms with Crippen molar-refractivity contribution in [2.75, 3.05) is 56.4 Å². The number of piperidine rings is 3. The van der Waals surface area contributed by atoms with Gasteiger partial charge in [-0.2, -0.15) is 0 Å². The number of likely N-dealkylation sites (tertiary alicyclic amines) is 3. The fourth-order valence-electron chi connectivity index (χ4n) is 9.58. The van der Waals surface area contributed by atoms with E-state index in [0.717, 1.165) is 90.3 Å². The number of β-amino-alcohol motifs (C(OH)–C–C–N with tert-alkyl or cyclic N) is 1. The van der Waals surface area contributed by atoms with E-state index in [-0.39, 0.29) is 66.0 Å². The highest BCUT2D eigenvalue weighted by Gasteiger charge is 2.34. The lowest BCUT2D eigenvalue weighted by Crippen LogP contribution is -2.47. The molecule has 5 aliphatic rings. The molecule has 5 fully saturated rings. The number of aliphatic hydroxyl groups excluding tert-OH is 1. The van der Waals surface area contributed by atoms with Gasteiger partial charge < -0.3 is 30.4 Å². The van der Waals surface area contributed by atoms with E-state index in [1.165, 1.54) is 6.07 Å². The third kappa shape index (κ3) is 9.73. The second-order valence-electron chi connectivity index (χ2n) is 17.1. The second-order valence-corrected chi connectivity index (χ2v) is 17.1. The summed E-state index contributed by atoms with van der Waals surface area (Å²) in [4.78, 5) is 65.0. The van der Waals surface area contributed by atoms with Gasteiger partial charge >= 0.3 is 0 Å². The summed E-state index contributed by atoms with van der Waals surface area (Å²) >= 11 is 0. The van der Waals surface area contributed by atoms with Crippen LogP contribution in [0.1, 0.15) is 92.5 Å². The molecule has 59 heavy (non-hydrogen) atoms. The predicted molar refractivity (Wildman–Crippen MR) is 217 cm³/mol. The molecule has 1 aliphatic carbocycles. The summed E-state index contributed by atoms with van der Waals surface area (Å²) in [7, 11) is 0. The standard InChI is InChI=1S/C44H54F2N8O5/c45-36-23-33(48-38-10-11-39(56)50-41(38)57)8-9-35(36)28-14-17-52(18-15-28)25-27-12-19-53(20-13-27)42(58)29-4-6-32(7-5-29)49-44-47-24-37(46)40(51-44)30-2-1-3-31(22-30)43(59)54-21-16-34(55)26-54/h1-3,8-9,22-24,27-29,32,34,38,48,55H,4-7,10-21,25-26H2,(H,47,49,51)(H,50,56,57)/t29-,32-,34-,38?/m0/s1. The summed E-state index contributed by atoms with van der Waals surface area (Å²) in [5, 5.41) is 18.6. The fourth-order valence-corrected chi connectivity index (χ4v) is 9.58. The number of hydrogen-bond donors (Lipinski definition) is 4. The number of imide groups is 1. The lowest BCUT2D eigenvalue weighted by Gasteiger charge is -2.39. The Bertz CT molecular complexity index is 2030. The molecule has 0 radical (unpaired) electrons. The molecule has 0 bridgehead atoms. The van der Waals surface area contributed by atoms with Crippen molar-refractivity contribution in [1.29, 1.82) is 0 Å². The van der Waals surface area contributed by atoms with Crippen LogP contribution in [-0.4, -0.2) is 117 Å². The average molecular weight is 813 g/mol. The van der Waals surface area contributed by atoms with Gasteiger partial charge in [0.15, 0.2) is 5.82 Å². The summed E-state index contributed by atoms with van der Waals surface area (Å²) in [5.41, 5.74) is 2.24. The summed E-state index contributed by atoms with van der Waals surface area (Å²) in [6, 6.07) is 11.3. The van der Waals surface area contributed by atoms with Gasteiger partial charge in [-0.1, -0.05) is 18.2 Å². The van der Waals surface area contributed by atoms with Gasteiger partial charge in [0.1, 0.15) is 17.6 Å². The van der Waals surface area contributed by atoms with Crippen molar-refractivity contribution in [2.24, 2.45) is 11.8 Å². The molecule has 5 heterocycles. The Kier molecular flexibility index (Phi) is 12.5. The van der Waals surface area contributed by atoms with Crippen LogP contribution in [0.2, 0.25) is 0 Å². The zero-order valence-electron chi connectivity index (χ0n) is 33.4. The van der Waals surface area contributed by atoms with Gasteiger partial charge in [0.25, 0.3) is 5.91 Å². The largest absolute Gasteiger partial charge is 0.391 e. The number of hydrogen-bond acceptors (Lipinski definition) is 10. The van der Waals surface area contributed by atoms with Crippen LogP contribution >= 0.6 is 0 Å². The van der Waals surface area contributed by atoms with Crippen LogP contribution in [0.4, 0.5) is 20.4 Å². The van der Waals surface area contributed by atoms with Crippen molar-refractivity contribution in [1.82, 2.24) is 30.0 Å². The molecule has 4 amide bonds. The van der Waals surface area contributed by atoms with E-state index in [9.17, 15) is 28.7 Å². The first-order valence-electron chi connectivity index (χ1n) is 21.3. The van der Waals surface area contributed by atoms with Crippen molar-refractivity contribution in [3.8, 4) is 11.3 Å². The minimum absolute atomic E-state index is 0.0204. The third-order valence-corrected chi connectivity index (χ3v) is 13.0. The highest BCUT2D eigenvalue weighted by molar-refractivity contribution is 6.01. The van der Waals surface area contributed by atoms with Gasteiger partial charge in [-0.25, -0.2) is 18.7 Å². The summed E-state index contributed by atoms with van der Waals surface area (Å²) in [6.45, 7) is 5.09. The quantitative estimate of drug-likeness (QED) is 0.207. The van der Waals surface area contributed by atoms with Gasteiger partial charge in [0, 0.05) is 67.9 Å². The number of amides is 4. The molecule has 4 aliphatic heterocycles. The second kappa shape index (κ2) is 18.1. The Hall–Kier alpha value is -5.02. The SMILES string of the molecule is O=C1CCC(Nc2ccc(C3CCN(CC4CCN(C(=O)[C@H]5CC[C@H](Nc6ncc(F)c(-c7cccc(C(=O)N8CC[C@H](O)C8)c7)n6)CC5)CC4)CC3)c(F)c2)C(=O)N1. The topological polar surface area (TPSA) is 160 Å². The molecule has 2 atom stereocenters. The van der Waals surface area contributed by atoms with E-state index in [1.807, 2.05) is 17.0 Å². The average Bonchev–Trinajstić information content (AvgIpc) is 3.69.